The molecule has 168 valence electrons. The summed E-state index contributed by atoms with van der Waals surface area (Å²) in [6.45, 7) is 1.86. The lowest BCUT2D eigenvalue weighted by molar-refractivity contribution is -0.120. The molecule has 0 radical (unpaired) electrons. The normalized spacial score (nSPS) is 15.4. The molecule has 4 rings (SSSR count). The van der Waals surface area contributed by atoms with E-state index in [1.165, 1.54) is 24.4 Å². The lowest BCUT2D eigenvalue weighted by Crippen LogP contribution is -2.42. The molecule has 1 aliphatic rings. The van der Waals surface area contributed by atoms with Crippen LogP contribution in [0.3, 0.4) is 0 Å². The maximum atomic E-state index is 13.1. The van der Waals surface area contributed by atoms with Crippen LogP contribution in [-0.2, 0) is 11.3 Å². The standard InChI is InChI=1S/C23H20ClN5O4/c1-13-20(30)27-19-9-16(24)7-8-18(19)22(32)29(13)12-14-3-5-15(6-4-14)21(31)28-23-25-10-17(33-2)11-26-23/h3-11,13H,12H2,1-2H3,(H,27,30)(H,25,26,28,31)/t13-/m1/s1. The van der Waals surface area contributed by atoms with E-state index in [1.54, 1.807) is 49.4 Å². The van der Waals surface area contributed by atoms with Crippen LogP contribution in [0, 0.1) is 0 Å². The summed E-state index contributed by atoms with van der Waals surface area (Å²) in [4.78, 5) is 47.7. The molecule has 2 heterocycles. The van der Waals surface area contributed by atoms with Gasteiger partial charge in [-0.2, -0.15) is 0 Å². The Balaban J connectivity index is 1.49. The Morgan fingerprint density at radius 1 is 1.15 bits per heavy atom. The zero-order chi connectivity index (χ0) is 23.5. The van der Waals surface area contributed by atoms with Gasteiger partial charge in [-0.25, -0.2) is 9.97 Å². The first-order valence-electron chi connectivity index (χ1n) is 10.0. The topological polar surface area (TPSA) is 114 Å². The predicted molar refractivity (Wildman–Crippen MR) is 122 cm³/mol. The minimum absolute atomic E-state index is 0.152. The number of halogens is 1. The molecule has 0 saturated heterocycles. The van der Waals surface area contributed by atoms with Crippen LogP contribution in [0.25, 0.3) is 0 Å². The molecule has 9 nitrogen and oxygen atoms in total. The van der Waals surface area contributed by atoms with Crippen LogP contribution in [0.2, 0.25) is 5.02 Å². The third-order valence-electron chi connectivity index (χ3n) is 5.24. The van der Waals surface area contributed by atoms with Crippen molar-refractivity contribution in [1.29, 1.82) is 0 Å². The quantitative estimate of drug-likeness (QED) is 0.597. The molecule has 3 amide bonds. The Morgan fingerprint density at radius 2 is 1.85 bits per heavy atom. The van der Waals surface area contributed by atoms with Gasteiger partial charge in [0, 0.05) is 17.1 Å². The Bertz CT molecular complexity index is 1210. The van der Waals surface area contributed by atoms with Gasteiger partial charge in [0.15, 0.2) is 5.75 Å². The molecule has 1 aliphatic heterocycles. The molecule has 33 heavy (non-hydrogen) atoms. The van der Waals surface area contributed by atoms with E-state index in [2.05, 4.69) is 20.6 Å². The van der Waals surface area contributed by atoms with Crippen molar-refractivity contribution in [1.82, 2.24) is 14.9 Å². The van der Waals surface area contributed by atoms with Crippen molar-refractivity contribution in [3.63, 3.8) is 0 Å². The summed E-state index contributed by atoms with van der Waals surface area (Å²) in [7, 11) is 1.50. The largest absolute Gasteiger partial charge is 0.494 e. The molecule has 1 atom stereocenters. The highest BCUT2D eigenvalue weighted by atomic mass is 35.5. The van der Waals surface area contributed by atoms with Crippen molar-refractivity contribution >= 4 is 41.0 Å². The highest BCUT2D eigenvalue weighted by Gasteiger charge is 2.32. The number of carbonyl (C=O) groups excluding carboxylic acids is 3. The van der Waals surface area contributed by atoms with Gasteiger partial charge >= 0.3 is 0 Å². The second kappa shape index (κ2) is 9.25. The van der Waals surface area contributed by atoms with Crippen molar-refractivity contribution in [3.05, 3.63) is 76.6 Å². The summed E-state index contributed by atoms with van der Waals surface area (Å²) in [5.74, 6) is -0.338. The van der Waals surface area contributed by atoms with Gasteiger partial charge in [-0.3, -0.25) is 19.7 Å². The summed E-state index contributed by atoms with van der Waals surface area (Å²) < 4.78 is 4.99. The number of benzene rings is 2. The Hall–Kier alpha value is -3.98. The number of rotatable bonds is 5. The highest BCUT2D eigenvalue weighted by Crippen LogP contribution is 2.27. The molecule has 0 fully saturated rings. The molecule has 0 aliphatic carbocycles. The van der Waals surface area contributed by atoms with Crippen LogP contribution in [-0.4, -0.2) is 45.7 Å². The van der Waals surface area contributed by atoms with Gasteiger partial charge in [0.05, 0.1) is 30.8 Å². The van der Waals surface area contributed by atoms with Crippen molar-refractivity contribution in [3.8, 4) is 5.75 Å². The molecule has 0 saturated carbocycles. The maximum absolute atomic E-state index is 13.1. The van der Waals surface area contributed by atoms with Gasteiger partial charge in [0.1, 0.15) is 6.04 Å². The lowest BCUT2D eigenvalue weighted by atomic mass is 10.1. The number of hydrogen-bond donors (Lipinski definition) is 2. The fourth-order valence-electron chi connectivity index (χ4n) is 3.34. The number of fused-ring (bicyclic) bond motifs is 1. The number of aromatic nitrogens is 2. The summed E-state index contributed by atoms with van der Waals surface area (Å²) in [5.41, 5.74) is 1.91. The Kier molecular flexibility index (Phi) is 6.23. The molecule has 3 aromatic rings. The summed E-state index contributed by atoms with van der Waals surface area (Å²) >= 11 is 6.01. The third-order valence-corrected chi connectivity index (χ3v) is 5.47. The van der Waals surface area contributed by atoms with E-state index in [9.17, 15) is 14.4 Å². The molecule has 10 heteroatoms. The third kappa shape index (κ3) is 4.78. The second-order valence-corrected chi connectivity index (χ2v) is 7.82. The fourth-order valence-corrected chi connectivity index (χ4v) is 3.51. The number of hydrogen-bond acceptors (Lipinski definition) is 6. The molecule has 1 aromatic heterocycles. The molecule has 0 unspecified atom stereocenters. The van der Waals surface area contributed by atoms with Gasteiger partial charge in [-0.15, -0.1) is 0 Å². The number of nitrogens with one attached hydrogen (secondary N) is 2. The smallest absolute Gasteiger partial charge is 0.258 e. The summed E-state index contributed by atoms with van der Waals surface area (Å²) in [6, 6.07) is 10.8. The average Bonchev–Trinajstić information content (AvgIpc) is 2.90. The van der Waals surface area contributed by atoms with Crippen LogP contribution >= 0.6 is 11.6 Å². The van der Waals surface area contributed by atoms with E-state index in [1.807, 2.05) is 0 Å². The first kappa shape index (κ1) is 22.2. The van der Waals surface area contributed by atoms with Crippen molar-refractivity contribution in [2.45, 2.75) is 19.5 Å². The summed E-state index contributed by atoms with van der Waals surface area (Å²) in [6.07, 6.45) is 2.90. The van der Waals surface area contributed by atoms with E-state index in [0.29, 0.717) is 27.6 Å². The number of methoxy groups -OCH3 is 1. The van der Waals surface area contributed by atoms with Gasteiger partial charge in [0.25, 0.3) is 11.8 Å². The second-order valence-electron chi connectivity index (χ2n) is 7.39. The minimum atomic E-state index is -0.695. The Morgan fingerprint density at radius 3 is 2.52 bits per heavy atom. The van der Waals surface area contributed by atoms with E-state index >= 15 is 0 Å². The van der Waals surface area contributed by atoms with Gasteiger partial charge < -0.3 is 15.0 Å². The maximum Gasteiger partial charge on any atom is 0.258 e. The monoisotopic (exact) mass is 465 g/mol. The van der Waals surface area contributed by atoms with Crippen LogP contribution < -0.4 is 15.4 Å². The molecular formula is C23H20ClN5O4. The number of ether oxygens (including phenoxy) is 1. The van der Waals surface area contributed by atoms with E-state index < -0.39 is 6.04 Å². The van der Waals surface area contributed by atoms with Crippen LogP contribution in [0.5, 0.6) is 5.75 Å². The first-order chi connectivity index (χ1) is 15.9. The number of anilines is 2. The van der Waals surface area contributed by atoms with E-state index in [-0.39, 0.29) is 30.2 Å². The molecule has 0 bridgehead atoms. The fraction of sp³-hybridized carbons (Fsp3) is 0.174. The first-order valence-corrected chi connectivity index (χ1v) is 10.4. The predicted octanol–water partition coefficient (Wildman–Crippen LogP) is 3.37. The molecule has 2 aromatic carbocycles. The van der Waals surface area contributed by atoms with E-state index in [4.69, 9.17) is 16.3 Å². The van der Waals surface area contributed by atoms with Crippen LogP contribution in [0.4, 0.5) is 11.6 Å². The molecule has 0 spiro atoms. The molecular weight excluding hydrogens is 446 g/mol. The zero-order valence-corrected chi connectivity index (χ0v) is 18.6. The van der Waals surface area contributed by atoms with Crippen molar-refractivity contribution in [2.24, 2.45) is 0 Å². The van der Waals surface area contributed by atoms with Gasteiger partial charge in [0.2, 0.25) is 11.9 Å². The minimum Gasteiger partial charge on any atom is -0.494 e. The SMILES string of the molecule is COc1cnc(NC(=O)c2ccc(CN3C(=O)c4ccc(Cl)cc4NC(=O)[C@H]3C)cc2)nc1. The summed E-state index contributed by atoms with van der Waals surface area (Å²) in [5, 5.41) is 5.79. The number of carbonyl (C=O) groups is 3. The van der Waals surface area contributed by atoms with Crippen LogP contribution in [0.1, 0.15) is 33.2 Å². The van der Waals surface area contributed by atoms with Gasteiger partial charge in [-0.05, 0) is 42.8 Å². The average molecular weight is 466 g/mol. The van der Waals surface area contributed by atoms with Gasteiger partial charge in [-0.1, -0.05) is 23.7 Å². The number of nitrogens with zero attached hydrogens (tertiary/aromatic N) is 3. The molecule has 2 N–H and O–H groups in total. The Labute approximate surface area is 194 Å². The zero-order valence-electron chi connectivity index (χ0n) is 17.8. The lowest BCUT2D eigenvalue weighted by Gasteiger charge is -2.26. The number of amides is 3. The van der Waals surface area contributed by atoms with Crippen molar-refractivity contribution in [2.75, 3.05) is 17.7 Å². The van der Waals surface area contributed by atoms with Crippen LogP contribution in [0.15, 0.2) is 54.9 Å². The highest BCUT2D eigenvalue weighted by molar-refractivity contribution is 6.31. The van der Waals surface area contributed by atoms with Crippen molar-refractivity contribution < 1.29 is 19.1 Å². The van der Waals surface area contributed by atoms with E-state index in [0.717, 1.165) is 5.56 Å².